The van der Waals surface area contributed by atoms with Gasteiger partial charge in [0.15, 0.2) is 0 Å². The van der Waals surface area contributed by atoms with Gasteiger partial charge in [-0.15, -0.1) is 11.3 Å². The van der Waals surface area contributed by atoms with Gasteiger partial charge >= 0.3 is 5.97 Å². The Morgan fingerprint density at radius 2 is 1.82 bits per heavy atom. The third-order valence-electron chi connectivity index (χ3n) is 6.94. The van der Waals surface area contributed by atoms with Gasteiger partial charge in [0.05, 0.1) is 17.9 Å². The van der Waals surface area contributed by atoms with E-state index in [2.05, 4.69) is 0 Å². The Morgan fingerprint density at radius 1 is 1.09 bits per heavy atom. The maximum Gasteiger partial charge on any atom is 0.306 e. The summed E-state index contributed by atoms with van der Waals surface area (Å²) in [6.45, 7) is 3.88. The van der Waals surface area contributed by atoms with Crippen molar-refractivity contribution in [3.63, 3.8) is 0 Å². The summed E-state index contributed by atoms with van der Waals surface area (Å²) in [5.41, 5.74) is 0.919. The summed E-state index contributed by atoms with van der Waals surface area (Å²) in [5, 5.41) is 1.87. The lowest BCUT2D eigenvalue weighted by Gasteiger charge is -2.38. The predicted molar refractivity (Wildman–Crippen MR) is 128 cm³/mol. The number of benzene rings is 1. The number of piperidine rings is 1. The van der Waals surface area contributed by atoms with Gasteiger partial charge in [0.25, 0.3) is 5.91 Å². The normalized spacial score (nSPS) is 19.8. The number of carbonyl (C=O) groups excluding carboxylic acids is 3. The SMILES string of the molecule is CCOC(=O)C[C@@H](c1ccc(F)cc1)C1CCN(C(=O)[C@@H]2CCCN2C(=O)c2cccs2)CC1. The van der Waals surface area contributed by atoms with E-state index in [0.717, 1.165) is 24.8 Å². The van der Waals surface area contributed by atoms with Gasteiger partial charge in [-0.1, -0.05) is 18.2 Å². The fraction of sp³-hybridized carbons (Fsp3) is 0.500. The van der Waals surface area contributed by atoms with E-state index in [9.17, 15) is 18.8 Å². The molecule has 182 valence electrons. The van der Waals surface area contributed by atoms with Gasteiger partial charge in [0.1, 0.15) is 11.9 Å². The summed E-state index contributed by atoms with van der Waals surface area (Å²) in [7, 11) is 0. The number of thiophene rings is 1. The molecule has 1 aromatic carbocycles. The van der Waals surface area contributed by atoms with E-state index < -0.39 is 6.04 Å². The highest BCUT2D eigenvalue weighted by atomic mass is 32.1. The average Bonchev–Trinajstić information content (AvgIpc) is 3.55. The first-order valence-corrected chi connectivity index (χ1v) is 12.9. The number of carbonyl (C=O) groups is 3. The molecule has 34 heavy (non-hydrogen) atoms. The van der Waals surface area contributed by atoms with Crippen LogP contribution in [0.5, 0.6) is 0 Å². The monoisotopic (exact) mass is 486 g/mol. The van der Waals surface area contributed by atoms with E-state index in [-0.39, 0.29) is 41.9 Å². The van der Waals surface area contributed by atoms with E-state index in [1.807, 2.05) is 16.3 Å². The lowest BCUT2D eigenvalue weighted by molar-refractivity contribution is -0.144. The fourth-order valence-corrected chi connectivity index (χ4v) is 5.89. The third kappa shape index (κ3) is 5.49. The zero-order chi connectivity index (χ0) is 24.1. The third-order valence-corrected chi connectivity index (χ3v) is 7.80. The van der Waals surface area contributed by atoms with E-state index >= 15 is 0 Å². The Labute approximate surface area is 203 Å². The summed E-state index contributed by atoms with van der Waals surface area (Å²) in [4.78, 5) is 42.8. The van der Waals surface area contributed by atoms with Gasteiger partial charge in [0.2, 0.25) is 5.91 Å². The van der Waals surface area contributed by atoms with E-state index in [1.54, 1.807) is 30.0 Å². The fourth-order valence-electron chi connectivity index (χ4n) is 5.21. The highest BCUT2D eigenvalue weighted by Gasteiger charge is 2.39. The Kier molecular flexibility index (Phi) is 7.98. The molecule has 0 N–H and O–H groups in total. The molecule has 0 saturated carbocycles. The largest absolute Gasteiger partial charge is 0.466 e. The summed E-state index contributed by atoms with van der Waals surface area (Å²) in [6, 6.07) is 9.57. The molecule has 0 aliphatic carbocycles. The molecular formula is C26H31FN2O4S. The molecule has 2 aliphatic heterocycles. The van der Waals surface area contributed by atoms with Crippen LogP contribution in [0.4, 0.5) is 4.39 Å². The standard InChI is InChI=1S/C26H31FN2O4S/c1-2-33-24(30)17-21(18-7-9-20(27)10-8-18)19-11-14-28(15-12-19)25(31)22-5-3-13-29(22)26(32)23-6-4-16-34-23/h4,6-10,16,19,21-22H,2-3,5,11-15,17H2,1H3/t21-,22-/m0/s1. The van der Waals surface area contributed by atoms with Crippen LogP contribution in [0, 0.1) is 11.7 Å². The molecule has 3 heterocycles. The number of hydrogen-bond acceptors (Lipinski definition) is 5. The number of likely N-dealkylation sites (tertiary alicyclic amines) is 2. The Hall–Kier alpha value is -2.74. The molecule has 8 heteroatoms. The highest BCUT2D eigenvalue weighted by Crippen LogP contribution is 2.36. The number of esters is 1. The van der Waals surface area contributed by atoms with Crippen LogP contribution in [0.3, 0.4) is 0 Å². The summed E-state index contributed by atoms with van der Waals surface area (Å²) < 4.78 is 18.7. The maximum atomic E-state index is 13.5. The van der Waals surface area contributed by atoms with Gasteiger partial charge in [-0.05, 0) is 73.6 Å². The predicted octanol–water partition coefficient (Wildman–Crippen LogP) is 4.47. The minimum absolute atomic E-state index is 0.0181. The minimum atomic E-state index is -0.404. The molecular weight excluding hydrogens is 455 g/mol. The Bertz CT molecular complexity index is 987. The van der Waals surface area contributed by atoms with Crippen LogP contribution in [-0.4, -0.2) is 59.9 Å². The van der Waals surface area contributed by atoms with Crippen molar-refractivity contribution in [3.8, 4) is 0 Å². The van der Waals surface area contributed by atoms with Crippen molar-refractivity contribution in [2.24, 2.45) is 5.92 Å². The Morgan fingerprint density at radius 3 is 2.47 bits per heavy atom. The molecule has 6 nitrogen and oxygen atoms in total. The molecule has 2 aromatic rings. The second-order valence-corrected chi connectivity index (χ2v) is 9.91. The smallest absolute Gasteiger partial charge is 0.306 e. The van der Waals surface area contributed by atoms with Gasteiger partial charge < -0.3 is 14.5 Å². The van der Waals surface area contributed by atoms with Crippen LogP contribution in [-0.2, 0) is 14.3 Å². The highest BCUT2D eigenvalue weighted by molar-refractivity contribution is 7.12. The molecule has 4 rings (SSSR count). The summed E-state index contributed by atoms with van der Waals surface area (Å²) in [6.07, 6.45) is 3.26. The van der Waals surface area contributed by atoms with E-state index in [4.69, 9.17) is 4.74 Å². The maximum absolute atomic E-state index is 13.5. The van der Waals surface area contributed by atoms with Crippen molar-refractivity contribution in [3.05, 3.63) is 58.0 Å². The van der Waals surface area contributed by atoms with Crippen molar-refractivity contribution in [1.29, 1.82) is 0 Å². The van der Waals surface area contributed by atoms with Crippen LogP contribution in [0.25, 0.3) is 0 Å². The van der Waals surface area contributed by atoms with Crippen molar-refractivity contribution in [1.82, 2.24) is 9.80 Å². The Balaban J connectivity index is 1.41. The van der Waals surface area contributed by atoms with Crippen LogP contribution < -0.4 is 0 Å². The molecule has 2 saturated heterocycles. The molecule has 0 bridgehead atoms. The van der Waals surface area contributed by atoms with Gasteiger partial charge in [-0.3, -0.25) is 14.4 Å². The zero-order valence-corrected chi connectivity index (χ0v) is 20.3. The zero-order valence-electron chi connectivity index (χ0n) is 19.5. The lowest BCUT2D eigenvalue weighted by Crippen LogP contribution is -2.50. The van der Waals surface area contributed by atoms with Crippen molar-refractivity contribution in [2.45, 2.75) is 51.0 Å². The van der Waals surface area contributed by atoms with Crippen LogP contribution in [0.15, 0.2) is 41.8 Å². The van der Waals surface area contributed by atoms with Crippen LogP contribution in [0.1, 0.15) is 60.2 Å². The molecule has 2 aliphatic rings. The second-order valence-electron chi connectivity index (χ2n) is 8.96. The van der Waals surface area contributed by atoms with E-state index in [0.29, 0.717) is 37.5 Å². The van der Waals surface area contributed by atoms with Crippen molar-refractivity contribution in [2.75, 3.05) is 26.2 Å². The topological polar surface area (TPSA) is 66.9 Å². The average molecular weight is 487 g/mol. The molecule has 2 amide bonds. The first-order chi connectivity index (χ1) is 16.5. The molecule has 2 fully saturated rings. The summed E-state index contributed by atoms with van der Waals surface area (Å²) >= 11 is 1.40. The number of ether oxygens (including phenoxy) is 1. The van der Waals surface area contributed by atoms with Crippen molar-refractivity contribution >= 4 is 29.1 Å². The second kappa shape index (κ2) is 11.1. The van der Waals surface area contributed by atoms with Crippen LogP contribution >= 0.6 is 11.3 Å². The number of rotatable bonds is 7. The van der Waals surface area contributed by atoms with Crippen LogP contribution in [0.2, 0.25) is 0 Å². The number of halogens is 1. The van der Waals surface area contributed by atoms with Gasteiger partial charge in [0, 0.05) is 19.6 Å². The van der Waals surface area contributed by atoms with E-state index in [1.165, 1.54) is 23.5 Å². The first kappa shape index (κ1) is 24.4. The molecule has 1 aromatic heterocycles. The quantitative estimate of drug-likeness (QED) is 0.542. The lowest BCUT2D eigenvalue weighted by atomic mass is 9.78. The number of nitrogens with zero attached hydrogens (tertiary/aromatic N) is 2. The van der Waals surface area contributed by atoms with Gasteiger partial charge in [-0.25, -0.2) is 4.39 Å². The first-order valence-electron chi connectivity index (χ1n) is 12.0. The molecule has 0 spiro atoms. The number of hydrogen-bond donors (Lipinski definition) is 0. The van der Waals surface area contributed by atoms with Gasteiger partial charge in [-0.2, -0.15) is 0 Å². The molecule has 2 atom stereocenters. The summed E-state index contributed by atoms with van der Waals surface area (Å²) in [5.74, 6) is -0.510. The van der Waals surface area contributed by atoms with Crippen molar-refractivity contribution < 1.29 is 23.5 Å². The minimum Gasteiger partial charge on any atom is -0.466 e. The number of amides is 2. The molecule has 0 radical (unpaired) electrons. The molecule has 0 unspecified atom stereocenters.